The van der Waals surface area contributed by atoms with Gasteiger partial charge in [0.2, 0.25) is 0 Å². The minimum Gasteiger partial charge on any atom is -0.481 e. The van der Waals surface area contributed by atoms with Gasteiger partial charge in [-0.3, -0.25) is 14.9 Å². The van der Waals surface area contributed by atoms with E-state index in [0.29, 0.717) is 16.4 Å². The number of nitrogens with zero attached hydrogens (tertiary/aromatic N) is 1. The summed E-state index contributed by atoms with van der Waals surface area (Å²) in [4.78, 5) is 26.9. The van der Waals surface area contributed by atoms with Crippen molar-refractivity contribution in [2.45, 2.75) is 6.42 Å². The van der Waals surface area contributed by atoms with Crippen LogP contribution in [0.25, 0.3) is 10.8 Å². The first-order valence-corrected chi connectivity index (χ1v) is 7.46. The summed E-state index contributed by atoms with van der Waals surface area (Å²) in [5.41, 5.74) is 0.972. The summed E-state index contributed by atoms with van der Waals surface area (Å²) in [7, 11) is 0. The summed E-state index contributed by atoms with van der Waals surface area (Å²) in [6.07, 6.45) is -0.150. The van der Waals surface area contributed by atoms with Gasteiger partial charge in [0, 0.05) is 10.9 Å². The number of rotatable bonds is 4. The maximum absolute atomic E-state index is 12.2. The number of hydrogen-bond donors (Lipinski definition) is 2. The molecule has 0 aliphatic rings. The lowest BCUT2D eigenvalue weighted by atomic mass is 10.1. The third kappa shape index (κ3) is 3.12. The zero-order valence-corrected chi connectivity index (χ0v) is 12.3. The number of benzene rings is 2. The van der Waals surface area contributed by atoms with E-state index in [9.17, 15) is 9.59 Å². The molecule has 110 valence electrons. The van der Waals surface area contributed by atoms with Crippen LogP contribution in [0, 0.1) is 0 Å². The highest BCUT2D eigenvalue weighted by molar-refractivity contribution is 7.14. The molecule has 5 nitrogen and oxygen atoms in total. The molecule has 3 rings (SSSR count). The van der Waals surface area contributed by atoms with Crippen LogP contribution in [0.2, 0.25) is 0 Å². The highest BCUT2D eigenvalue weighted by Crippen LogP contribution is 2.19. The van der Waals surface area contributed by atoms with Crippen LogP contribution >= 0.6 is 11.3 Å². The predicted octanol–water partition coefficient (Wildman–Crippen LogP) is 3.18. The first kappa shape index (κ1) is 14.2. The van der Waals surface area contributed by atoms with E-state index in [0.717, 1.165) is 10.8 Å². The Hall–Kier alpha value is -2.73. The van der Waals surface area contributed by atoms with E-state index < -0.39 is 5.97 Å². The molecule has 3 aromatic rings. The van der Waals surface area contributed by atoms with Crippen molar-refractivity contribution in [2.75, 3.05) is 5.32 Å². The number of anilines is 1. The van der Waals surface area contributed by atoms with E-state index in [4.69, 9.17) is 5.11 Å². The van der Waals surface area contributed by atoms with Gasteiger partial charge >= 0.3 is 5.97 Å². The second-order valence-corrected chi connectivity index (χ2v) is 5.59. The van der Waals surface area contributed by atoms with Gasteiger partial charge in [-0.1, -0.05) is 30.3 Å². The molecule has 0 unspecified atom stereocenters. The number of carboxylic acids is 1. The summed E-state index contributed by atoms with van der Waals surface area (Å²) < 4.78 is 0. The van der Waals surface area contributed by atoms with Gasteiger partial charge in [0.25, 0.3) is 5.91 Å². The van der Waals surface area contributed by atoms with E-state index in [2.05, 4.69) is 10.3 Å². The van der Waals surface area contributed by atoms with Crippen LogP contribution in [0.15, 0.2) is 47.8 Å². The average Bonchev–Trinajstić information content (AvgIpc) is 2.93. The first-order chi connectivity index (χ1) is 10.6. The Kier molecular flexibility index (Phi) is 3.84. The van der Waals surface area contributed by atoms with E-state index in [1.165, 1.54) is 11.3 Å². The molecule has 0 atom stereocenters. The molecular formula is C16H12N2O3S. The van der Waals surface area contributed by atoms with Crippen LogP contribution in [-0.2, 0) is 11.2 Å². The molecule has 22 heavy (non-hydrogen) atoms. The van der Waals surface area contributed by atoms with Gasteiger partial charge in [-0.25, -0.2) is 4.98 Å². The third-order valence-electron chi connectivity index (χ3n) is 3.12. The number of nitrogens with one attached hydrogen (secondary N) is 1. The SMILES string of the molecule is O=C(O)Cc1csc(NC(=O)c2ccc3ccccc3c2)n1. The largest absolute Gasteiger partial charge is 0.481 e. The van der Waals surface area contributed by atoms with Crippen LogP contribution in [0.3, 0.4) is 0 Å². The van der Waals surface area contributed by atoms with Gasteiger partial charge in [0.1, 0.15) is 0 Å². The predicted molar refractivity (Wildman–Crippen MR) is 85.4 cm³/mol. The quantitative estimate of drug-likeness (QED) is 0.775. The maximum Gasteiger partial charge on any atom is 0.309 e. The highest BCUT2D eigenvalue weighted by Gasteiger charge is 2.11. The molecule has 0 saturated carbocycles. The van der Waals surface area contributed by atoms with Gasteiger partial charge in [-0.05, 0) is 22.9 Å². The number of amides is 1. The van der Waals surface area contributed by atoms with E-state index in [-0.39, 0.29) is 12.3 Å². The van der Waals surface area contributed by atoms with Gasteiger partial charge in [0.05, 0.1) is 12.1 Å². The summed E-state index contributed by atoms with van der Waals surface area (Å²) in [6, 6.07) is 13.3. The highest BCUT2D eigenvalue weighted by atomic mass is 32.1. The number of aliphatic carboxylic acids is 1. The third-order valence-corrected chi connectivity index (χ3v) is 3.92. The molecule has 0 saturated heterocycles. The van der Waals surface area contributed by atoms with Crippen molar-refractivity contribution in [3.8, 4) is 0 Å². The van der Waals surface area contributed by atoms with Gasteiger partial charge in [0.15, 0.2) is 5.13 Å². The van der Waals surface area contributed by atoms with Crippen molar-refractivity contribution in [3.05, 3.63) is 59.1 Å². The fourth-order valence-electron chi connectivity index (χ4n) is 2.10. The summed E-state index contributed by atoms with van der Waals surface area (Å²) >= 11 is 1.21. The van der Waals surface area contributed by atoms with Crippen molar-refractivity contribution in [1.82, 2.24) is 4.98 Å². The number of carbonyl (C=O) groups is 2. The Bertz CT molecular complexity index is 857. The Balaban J connectivity index is 1.77. The van der Waals surface area contributed by atoms with Gasteiger partial charge in [-0.2, -0.15) is 0 Å². The standard InChI is InChI=1S/C16H12N2O3S/c19-14(20)8-13-9-22-16(17-13)18-15(21)12-6-5-10-3-1-2-4-11(10)7-12/h1-7,9H,8H2,(H,19,20)(H,17,18,21). The van der Waals surface area contributed by atoms with Crippen LogP contribution < -0.4 is 5.32 Å². The molecule has 0 radical (unpaired) electrons. The number of carboxylic acid groups (broad SMARTS) is 1. The fourth-order valence-corrected chi connectivity index (χ4v) is 2.81. The zero-order chi connectivity index (χ0) is 15.5. The Morgan fingerprint density at radius 2 is 1.91 bits per heavy atom. The molecule has 2 N–H and O–H groups in total. The maximum atomic E-state index is 12.2. The van der Waals surface area contributed by atoms with Gasteiger partial charge < -0.3 is 5.11 Å². The topological polar surface area (TPSA) is 79.3 Å². The first-order valence-electron chi connectivity index (χ1n) is 6.58. The minimum absolute atomic E-state index is 0.150. The molecule has 0 aliphatic heterocycles. The monoisotopic (exact) mass is 312 g/mol. The molecule has 1 amide bonds. The number of hydrogen-bond acceptors (Lipinski definition) is 4. The minimum atomic E-state index is -0.947. The molecule has 0 spiro atoms. The molecular weight excluding hydrogens is 300 g/mol. The van der Waals surface area contributed by atoms with Crippen LogP contribution in [0.4, 0.5) is 5.13 Å². The smallest absolute Gasteiger partial charge is 0.309 e. The fraction of sp³-hybridized carbons (Fsp3) is 0.0625. The number of aromatic nitrogens is 1. The molecule has 1 heterocycles. The number of fused-ring (bicyclic) bond motifs is 1. The Labute approximate surface area is 130 Å². The van der Waals surface area contributed by atoms with Crippen molar-refractivity contribution in [2.24, 2.45) is 0 Å². The number of thiazole rings is 1. The zero-order valence-electron chi connectivity index (χ0n) is 11.4. The van der Waals surface area contributed by atoms with Crippen molar-refractivity contribution in [1.29, 1.82) is 0 Å². The molecule has 0 aliphatic carbocycles. The molecule has 6 heteroatoms. The van der Waals surface area contributed by atoms with Gasteiger partial charge in [-0.15, -0.1) is 11.3 Å². The van der Waals surface area contributed by atoms with Crippen LogP contribution in [-0.4, -0.2) is 22.0 Å². The Morgan fingerprint density at radius 1 is 1.14 bits per heavy atom. The average molecular weight is 312 g/mol. The lowest BCUT2D eigenvalue weighted by Crippen LogP contribution is -2.11. The number of carbonyl (C=O) groups excluding carboxylic acids is 1. The molecule has 1 aromatic heterocycles. The van der Waals surface area contributed by atoms with E-state index >= 15 is 0 Å². The summed E-state index contributed by atoms with van der Waals surface area (Å²) in [6.45, 7) is 0. The summed E-state index contributed by atoms with van der Waals surface area (Å²) in [5, 5.41) is 15.5. The lowest BCUT2D eigenvalue weighted by molar-refractivity contribution is -0.136. The summed E-state index contributed by atoms with van der Waals surface area (Å²) in [5.74, 6) is -1.21. The van der Waals surface area contributed by atoms with Crippen molar-refractivity contribution < 1.29 is 14.7 Å². The molecule has 0 bridgehead atoms. The van der Waals surface area contributed by atoms with Crippen LogP contribution in [0.5, 0.6) is 0 Å². The lowest BCUT2D eigenvalue weighted by Gasteiger charge is -2.03. The van der Waals surface area contributed by atoms with E-state index in [1.807, 2.05) is 36.4 Å². The second-order valence-electron chi connectivity index (χ2n) is 4.73. The normalized spacial score (nSPS) is 10.5. The van der Waals surface area contributed by atoms with Crippen LogP contribution in [0.1, 0.15) is 16.1 Å². The van der Waals surface area contributed by atoms with E-state index in [1.54, 1.807) is 11.4 Å². The molecule has 0 fully saturated rings. The second kappa shape index (κ2) is 5.95. The Morgan fingerprint density at radius 3 is 2.68 bits per heavy atom. The molecule has 2 aromatic carbocycles. The van der Waals surface area contributed by atoms with Crippen molar-refractivity contribution in [3.63, 3.8) is 0 Å². The van der Waals surface area contributed by atoms with Crippen molar-refractivity contribution >= 4 is 39.1 Å².